The highest BCUT2D eigenvalue weighted by Crippen LogP contribution is 2.18. The first kappa shape index (κ1) is 14.3. The van der Waals surface area contributed by atoms with Crippen LogP contribution in [0.4, 0.5) is 4.39 Å². The van der Waals surface area contributed by atoms with E-state index in [1.54, 1.807) is 12.1 Å². The standard InChI is InChI=1S/C12H13BrFNOS/c1-9(13)8-15-12(16)6-7-17-11-4-2-10(14)3-5-11/h2-5H,1,6-8H2,(H,15,16). The number of halogens is 2. The molecule has 1 aromatic carbocycles. The zero-order valence-corrected chi connectivity index (χ0v) is 11.6. The predicted molar refractivity (Wildman–Crippen MR) is 72.8 cm³/mol. The number of carbonyl (C=O) groups excluding carboxylic acids is 1. The van der Waals surface area contributed by atoms with Crippen molar-refractivity contribution < 1.29 is 9.18 Å². The van der Waals surface area contributed by atoms with Crippen molar-refractivity contribution in [2.45, 2.75) is 11.3 Å². The topological polar surface area (TPSA) is 29.1 Å². The molecule has 1 N–H and O–H groups in total. The van der Waals surface area contributed by atoms with Gasteiger partial charge in [0.1, 0.15) is 5.82 Å². The van der Waals surface area contributed by atoms with Crippen LogP contribution < -0.4 is 5.32 Å². The molecule has 0 fully saturated rings. The van der Waals surface area contributed by atoms with Crippen LogP contribution in [-0.4, -0.2) is 18.2 Å². The molecule has 1 aromatic rings. The average Bonchev–Trinajstić information content (AvgIpc) is 2.29. The van der Waals surface area contributed by atoms with Gasteiger partial charge in [0.05, 0.1) is 0 Å². The maximum absolute atomic E-state index is 12.6. The molecule has 92 valence electrons. The molecule has 0 spiro atoms. The van der Waals surface area contributed by atoms with Gasteiger partial charge in [0.25, 0.3) is 0 Å². The van der Waals surface area contributed by atoms with Crippen LogP contribution >= 0.6 is 27.7 Å². The summed E-state index contributed by atoms with van der Waals surface area (Å²) in [7, 11) is 0. The summed E-state index contributed by atoms with van der Waals surface area (Å²) in [6.07, 6.45) is 0.433. The number of amides is 1. The largest absolute Gasteiger partial charge is 0.351 e. The number of nitrogens with one attached hydrogen (secondary N) is 1. The van der Waals surface area contributed by atoms with Crippen LogP contribution in [0.1, 0.15) is 6.42 Å². The molecule has 2 nitrogen and oxygen atoms in total. The Labute approximate surface area is 113 Å². The quantitative estimate of drug-likeness (QED) is 0.815. The minimum atomic E-state index is -0.247. The molecule has 0 aliphatic carbocycles. The number of benzene rings is 1. The Morgan fingerprint density at radius 1 is 1.41 bits per heavy atom. The molecule has 0 unspecified atom stereocenters. The van der Waals surface area contributed by atoms with Crippen LogP contribution in [0.5, 0.6) is 0 Å². The molecule has 0 atom stereocenters. The first-order valence-electron chi connectivity index (χ1n) is 5.06. The third-order valence-corrected chi connectivity index (χ3v) is 3.18. The number of rotatable bonds is 6. The molecular weight excluding hydrogens is 305 g/mol. The van der Waals surface area contributed by atoms with Gasteiger partial charge >= 0.3 is 0 Å². The molecule has 1 rings (SSSR count). The van der Waals surface area contributed by atoms with E-state index in [1.807, 2.05) is 0 Å². The number of carbonyl (C=O) groups is 1. The maximum Gasteiger partial charge on any atom is 0.221 e. The molecule has 0 saturated heterocycles. The first-order valence-corrected chi connectivity index (χ1v) is 6.84. The zero-order chi connectivity index (χ0) is 12.7. The molecule has 0 aliphatic rings. The molecule has 0 heterocycles. The van der Waals surface area contributed by atoms with Gasteiger partial charge in [-0.3, -0.25) is 4.79 Å². The summed E-state index contributed by atoms with van der Waals surface area (Å²) in [6.45, 7) is 4.07. The SMILES string of the molecule is C=C(Br)CNC(=O)CCSc1ccc(F)cc1. The van der Waals surface area contributed by atoms with E-state index in [2.05, 4.69) is 27.8 Å². The van der Waals surface area contributed by atoms with Crippen molar-refractivity contribution in [3.05, 3.63) is 41.1 Å². The van der Waals surface area contributed by atoms with Crippen molar-refractivity contribution in [1.82, 2.24) is 5.32 Å². The van der Waals surface area contributed by atoms with Gasteiger partial charge in [0.2, 0.25) is 5.91 Å². The summed E-state index contributed by atoms with van der Waals surface area (Å²) in [5, 5.41) is 2.72. The lowest BCUT2D eigenvalue weighted by molar-refractivity contribution is -0.120. The molecule has 0 radical (unpaired) electrons. The zero-order valence-electron chi connectivity index (χ0n) is 9.21. The Morgan fingerprint density at radius 2 is 2.06 bits per heavy atom. The molecule has 0 aromatic heterocycles. The van der Waals surface area contributed by atoms with Gasteiger partial charge in [-0.2, -0.15) is 0 Å². The summed E-state index contributed by atoms with van der Waals surface area (Å²) in [5.74, 6) is 0.412. The Bertz CT molecular complexity index is 394. The van der Waals surface area contributed by atoms with Gasteiger partial charge in [-0.05, 0) is 24.3 Å². The smallest absolute Gasteiger partial charge is 0.221 e. The fourth-order valence-corrected chi connectivity index (χ4v) is 2.07. The van der Waals surface area contributed by atoms with Crippen LogP contribution in [0.2, 0.25) is 0 Å². The number of hydrogen-bond acceptors (Lipinski definition) is 2. The normalized spacial score (nSPS) is 10.0. The lowest BCUT2D eigenvalue weighted by Gasteiger charge is -2.04. The van der Waals surface area contributed by atoms with E-state index in [0.717, 1.165) is 9.38 Å². The molecule has 0 saturated carbocycles. The maximum atomic E-state index is 12.6. The van der Waals surface area contributed by atoms with Crippen LogP contribution in [0.3, 0.4) is 0 Å². The van der Waals surface area contributed by atoms with E-state index in [9.17, 15) is 9.18 Å². The fourth-order valence-electron chi connectivity index (χ4n) is 1.08. The molecule has 5 heteroatoms. The summed E-state index contributed by atoms with van der Waals surface area (Å²) in [4.78, 5) is 12.3. The Balaban J connectivity index is 2.21. The molecule has 0 bridgehead atoms. The van der Waals surface area contributed by atoms with Crippen LogP contribution in [0, 0.1) is 5.82 Å². The summed E-state index contributed by atoms with van der Waals surface area (Å²) in [5.41, 5.74) is 0. The highest BCUT2D eigenvalue weighted by atomic mass is 79.9. The fraction of sp³-hybridized carbons (Fsp3) is 0.250. The van der Waals surface area contributed by atoms with Crippen molar-refractivity contribution in [3.63, 3.8) is 0 Å². The van der Waals surface area contributed by atoms with Crippen molar-refractivity contribution >= 4 is 33.6 Å². The van der Waals surface area contributed by atoms with E-state index in [0.29, 0.717) is 18.7 Å². The molecule has 1 amide bonds. The summed E-state index contributed by atoms with van der Waals surface area (Å²) in [6, 6.07) is 6.24. The van der Waals surface area contributed by atoms with E-state index in [-0.39, 0.29) is 11.7 Å². The van der Waals surface area contributed by atoms with Gasteiger partial charge in [0.15, 0.2) is 0 Å². The molecule has 17 heavy (non-hydrogen) atoms. The second kappa shape index (κ2) is 7.50. The van der Waals surface area contributed by atoms with Gasteiger partial charge in [-0.1, -0.05) is 22.5 Å². The minimum absolute atomic E-state index is 0.0137. The van der Waals surface area contributed by atoms with E-state index < -0.39 is 0 Å². The van der Waals surface area contributed by atoms with Gasteiger partial charge in [-0.15, -0.1) is 11.8 Å². The van der Waals surface area contributed by atoms with Crippen molar-refractivity contribution in [1.29, 1.82) is 0 Å². The van der Waals surface area contributed by atoms with Gasteiger partial charge in [0, 0.05) is 28.1 Å². The van der Waals surface area contributed by atoms with Crippen molar-refractivity contribution in [3.8, 4) is 0 Å². The summed E-state index contributed by atoms with van der Waals surface area (Å²) >= 11 is 4.69. The van der Waals surface area contributed by atoms with Crippen molar-refractivity contribution in [2.24, 2.45) is 0 Å². The van der Waals surface area contributed by atoms with Gasteiger partial charge in [-0.25, -0.2) is 4.39 Å². The average molecular weight is 318 g/mol. The van der Waals surface area contributed by atoms with Crippen LogP contribution in [0.15, 0.2) is 40.2 Å². The molecular formula is C12H13BrFNOS. The third kappa shape index (κ3) is 6.48. The lowest BCUT2D eigenvalue weighted by atomic mass is 10.4. The van der Waals surface area contributed by atoms with Crippen molar-refractivity contribution in [2.75, 3.05) is 12.3 Å². The Morgan fingerprint density at radius 3 is 2.65 bits per heavy atom. The number of thioether (sulfide) groups is 1. The van der Waals surface area contributed by atoms with Crippen LogP contribution in [-0.2, 0) is 4.79 Å². The van der Waals surface area contributed by atoms with E-state index in [1.165, 1.54) is 23.9 Å². The number of hydrogen-bond donors (Lipinski definition) is 1. The minimum Gasteiger partial charge on any atom is -0.351 e. The second-order valence-electron chi connectivity index (χ2n) is 3.35. The van der Waals surface area contributed by atoms with E-state index in [4.69, 9.17) is 0 Å². The monoisotopic (exact) mass is 317 g/mol. The Hall–Kier alpha value is -0.810. The van der Waals surface area contributed by atoms with Gasteiger partial charge < -0.3 is 5.32 Å². The highest BCUT2D eigenvalue weighted by molar-refractivity contribution is 9.11. The lowest BCUT2D eigenvalue weighted by Crippen LogP contribution is -2.24. The Kier molecular flexibility index (Phi) is 6.29. The predicted octanol–water partition coefficient (Wildman–Crippen LogP) is 3.33. The molecule has 0 aliphatic heterocycles. The van der Waals surface area contributed by atoms with Crippen LogP contribution in [0.25, 0.3) is 0 Å². The second-order valence-corrected chi connectivity index (χ2v) is 5.64. The third-order valence-electron chi connectivity index (χ3n) is 1.89. The summed E-state index contributed by atoms with van der Waals surface area (Å²) < 4.78 is 13.4. The highest BCUT2D eigenvalue weighted by Gasteiger charge is 2.02. The van der Waals surface area contributed by atoms with E-state index >= 15 is 0 Å². The first-order chi connectivity index (χ1) is 8.08.